The van der Waals surface area contributed by atoms with E-state index in [1.165, 1.54) is 0 Å². The van der Waals surface area contributed by atoms with Crippen molar-refractivity contribution >= 4 is 45.3 Å². The summed E-state index contributed by atoms with van der Waals surface area (Å²) in [5.41, 5.74) is 5.15. The molecule has 37 heavy (non-hydrogen) atoms. The molecular formula is C32H21N3OS. The zero-order valence-electron chi connectivity index (χ0n) is 20.1. The van der Waals surface area contributed by atoms with Crippen molar-refractivity contribution in [1.82, 2.24) is 14.5 Å². The Morgan fingerprint density at radius 3 is 2.65 bits per heavy atom. The number of pyridine rings is 1. The molecule has 4 nitrogen and oxygen atoms in total. The van der Waals surface area contributed by atoms with Crippen LogP contribution in [0.2, 0.25) is 0 Å². The number of para-hydroxylation sites is 1. The summed E-state index contributed by atoms with van der Waals surface area (Å²) in [6, 6.07) is 27.4. The lowest BCUT2D eigenvalue weighted by molar-refractivity contribution is 0.934. The second-order valence-corrected chi connectivity index (χ2v) is 9.59. The van der Waals surface area contributed by atoms with Gasteiger partial charge in [-0.1, -0.05) is 48.2 Å². The highest BCUT2D eigenvalue weighted by molar-refractivity contribution is 7.10. The van der Waals surface area contributed by atoms with E-state index >= 15 is 0 Å². The van der Waals surface area contributed by atoms with Crippen LogP contribution in [0.1, 0.15) is 27.4 Å². The van der Waals surface area contributed by atoms with Crippen LogP contribution in [0.15, 0.2) is 101 Å². The molecule has 0 saturated carbocycles. The largest absolute Gasteiger partial charge is 0.268 e. The lowest BCUT2D eigenvalue weighted by Crippen LogP contribution is -2.23. The molecule has 0 unspecified atom stereocenters. The molecule has 3 aromatic carbocycles. The van der Waals surface area contributed by atoms with Crippen LogP contribution < -0.4 is 5.56 Å². The van der Waals surface area contributed by atoms with Crippen molar-refractivity contribution in [2.75, 3.05) is 0 Å². The SMILES string of the molecule is Cc1cc(C#Cc2cccs2)ccc1-n1c(/C=C/c2ccc3ncccc3c2)nc2ccccc2c1=O. The van der Waals surface area contributed by atoms with Gasteiger partial charge in [-0.2, -0.15) is 0 Å². The Bertz CT molecular complexity index is 1920. The molecule has 0 atom stereocenters. The van der Waals surface area contributed by atoms with Gasteiger partial charge in [0.05, 0.1) is 27.0 Å². The second-order valence-electron chi connectivity index (χ2n) is 8.65. The quantitative estimate of drug-likeness (QED) is 0.252. The van der Waals surface area contributed by atoms with Gasteiger partial charge in [0.25, 0.3) is 5.56 Å². The molecule has 0 saturated heterocycles. The molecule has 5 heteroatoms. The van der Waals surface area contributed by atoms with E-state index < -0.39 is 0 Å². The van der Waals surface area contributed by atoms with Gasteiger partial charge in [-0.05, 0) is 84.1 Å². The number of rotatable bonds is 3. The number of aromatic nitrogens is 3. The predicted molar refractivity (Wildman–Crippen MR) is 153 cm³/mol. The molecule has 0 aliphatic rings. The third-order valence-electron chi connectivity index (χ3n) is 6.14. The minimum absolute atomic E-state index is 0.103. The zero-order chi connectivity index (χ0) is 25.2. The minimum Gasteiger partial charge on any atom is -0.268 e. The number of aryl methyl sites for hydroxylation is 1. The van der Waals surface area contributed by atoms with Crippen molar-refractivity contribution < 1.29 is 0 Å². The third-order valence-corrected chi connectivity index (χ3v) is 6.93. The van der Waals surface area contributed by atoms with E-state index in [0.29, 0.717) is 16.7 Å². The highest BCUT2D eigenvalue weighted by atomic mass is 32.1. The first-order valence-corrected chi connectivity index (χ1v) is 12.7. The maximum Gasteiger partial charge on any atom is 0.266 e. The maximum atomic E-state index is 13.7. The summed E-state index contributed by atoms with van der Waals surface area (Å²) in [6.45, 7) is 2.00. The Hall–Kier alpha value is -4.79. The topological polar surface area (TPSA) is 47.8 Å². The Labute approximate surface area is 218 Å². The molecular weight excluding hydrogens is 474 g/mol. The van der Waals surface area contributed by atoms with E-state index in [9.17, 15) is 4.79 Å². The highest BCUT2D eigenvalue weighted by Gasteiger charge is 2.13. The van der Waals surface area contributed by atoms with Gasteiger partial charge in [-0.25, -0.2) is 4.98 Å². The predicted octanol–water partition coefficient (Wildman–Crippen LogP) is 6.87. The standard InChI is InChI=1S/C32H21N3OS/c1-22-20-23(10-14-26-7-5-19-37-26)12-16-30(22)35-31(34-29-9-3-2-8-27(29)32(35)36)17-13-24-11-15-28-25(21-24)6-4-18-33-28/h2-9,11-13,15-21H,1H3/b17-13+. The average Bonchev–Trinajstić information content (AvgIpc) is 3.45. The molecule has 0 N–H and O–H groups in total. The first-order valence-electron chi connectivity index (χ1n) is 11.9. The van der Waals surface area contributed by atoms with Crippen molar-refractivity contribution in [3.05, 3.63) is 134 Å². The summed E-state index contributed by atoms with van der Waals surface area (Å²) >= 11 is 1.62. The zero-order valence-corrected chi connectivity index (χ0v) is 20.9. The first-order chi connectivity index (χ1) is 18.2. The van der Waals surface area contributed by atoms with Crippen molar-refractivity contribution in [2.45, 2.75) is 6.92 Å². The van der Waals surface area contributed by atoms with Crippen LogP contribution >= 0.6 is 11.3 Å². The number of hydrogen-bond donors (Lipinski definition) is 0. The van der Waals surface area contributed by atoms with E-state index in [4.69, 9.17) is 4.98 Å². The van der Waals surface area contributed by atoms with Gasteiger partial charge in [-0.15, -0.1) is 11.3 Å². The summed E-state index contributed by atoms with van der Waals surface area (Å²) in [4.78, 5) is 24.0. The molecule has 3 heterocycles. The normalized spacial score (nSPS) is 11.2. The van der Waals surface area contributed by atoms with Crippen LogP contribution in [0.4, 0.5) is 0 Å². The summed E-state index contributed by atoms with van der Waals surface area (Å²) < 4.78 is 1.69. The Balaban J connectivity index is 1.46. The molecule has 0 aliphatic heterocycles. The molecule has 0 bridgehead atoms. The lowest BCUT2D eigenvalue weighted by atomic mass is 10.1. The molecule has 6 aromatic rings. The number of nitrogens with zero attached hydrogens (tertiary/aromatic N) is 3. The Morgan fingerprint density at radius 2 is 1.78 bits per heavy atom. The first kappa shape index (κ1) is 22.7. The van der Waals surface area contributed by atoms with Crippen LogP contribution in [0, 0.1) is 18.8 Å². The fourth-order valence-electron chi connectivity index (χ4n) is 4.33. The van der Waals surface area contributed by atoms with Crippen molar-refractivity contribution in [1.29, 1.82) is 0 Å². The van der Waals surface area contributed by atoms with Gasteiger partial charge in [-0.3, -0.25) is 14.3 Å². The van der Waals surface area contributed by atoms with E-state index in [0.717, 1.165) is 38.2 Å². The van der Waals surface area contributed by atoms with Crippen molar-refractivity contribution in [2.24, 2.45) is 0 Å². The molecule has 3 aromatic heterocycles. The van der Waals surface area contributed by atoms with Gasteiger partial charge in [0.1, 0.15) is 5.82 Å². The van der Waals surface area contributed by atoms with E-state index in [-0.39, 0.29) is 5.56 Å². The van der Waals surface area contributed by atoms with E-state index in [2.05, 4.69) is 22.9 Å². The maximum absolute atomic E-state index is 13.7. The van der Waals surface area contributed by atoms with Crippen molar-refractivity contribution in [3.8, 4) is 17.5 Å². The summed E-state index contributed by atoms with van der Waals surface area (Å²) in [6.07, 6.45) is 5.67. The molecule has 6 rings (SSSR count). The summed E-state index contributed by atoms with van der Waals surface area (Å²) in [5, 5.41) is 3.66. The number of thiophene rings is 1. The molecule has 176 valence electrons. The molecule has 0 amide bonds. The molecule has 0 radical (unpaired) electrons. The fraction of sp³-hybridized carbons (Fsp3) is 0.0312. The monoisotopic (exact) mass is 495 g/mol. The second kappa shape index (κ2) is 9.69. The summed E-state index contributed by atoms with van der Waals surface area (Å²) in [7, 11) is 0. The van der Waals surface area contributed by atoms with E-state index in [1.54, 1.807) is 22.1 Å². The van der Waals surface area contributed by atoms with Gasteiger partial charge in [0, 0.05) is 17.1 Å². The number of fused-ring (bicyclic) bond motifs is 2. The van der Waals surface area contributed by atoms with Crippen LogP contribution in [0.25, 0.3) is 39.6 Å². The van der Waals surface area contributed by atoms with Crippen LogP contribution in [-0.2, 0) is 0 Å². The Kier molecular flexibility index (Phi) is 5.94. The molecule has 0 fully saturated rings. The van der Waals surface area contributed by atoms with E-state index in [1.807, 2.05) is 103 Å². The summed E-state index contributed by atoms with van der Waals surface area (Å²) in [5.74, 6) is 6.99. The van der Waals surface area contributed by atoms with Crippen LogP contribution in [0.3, 0.4) is 0 Å². The Morgan fingerprint density at radius 1 is 0.865 bits per heavy atom. The number of hydrogen-bond acceptors (Lipinski definition) is 4. The van der Waals surface area contributed by atoms with Crippen LogP contribution in [0.5, 0.6) is 0 Å². The van der Waals surface area contributed by atoms with Gasteiger partial charge < -0.3 is 0 Å². The van der Waals surface area contributed by atoms with Crippen LogP contribution in [-0.4, -0.2) is 14.5 Å². The average molecular weight is 496 g/mol. The smallest absolute Gasteiger partial charge is 0.266 e. The third kappa shape index (κ3) is 4.58. The highest BCUT2D eigenvalue weighted by Crippen LogP contribution is 2.21. The lowest BCUT2D eigenvalue weighted by Gasteiger charge is -2.14. The van der Waals surface area contributed by atoms with Gasteiger partial charge in [0.2, 0.25) is 0 Å². The molecule has 0 aliphatic carbocycles. The fourth-order valence-corrected chi connectivity index (χ4v) is 4.90. The van der Waals surface area contributed by atoms with Crippen molar-refractivity contribution in [3.63, 3.8) is 0 Å². The van der Waals surface area contributed by atoms with Gasteiger partial charge in [0.15, 0.2) is 0 Å². The number of benzene rings is 3. The van der Waals surface area contributed by atoms with Gasteiger partial charge >= 0.3 is 0 Å². The minimum atomic E-state index is -0.103. The molecule has 0 spiro atoms.